The maximum absolute atomic E-state index is 12.1. The predicted octanol–water partition coefficient (Wildman–Crippen LogP) is 3.47. The number of thioether (sulfide) groups is 1. The van der Waals surface area contributed by atoms with Crippen molar-refractivity contribution in [1.29, 1.82) is 0 Å². The average Bonchev–Trinajstić information content (AvgIpc) is 2.97. The van der Waals surface area contributed by atoms with E-state index in [0.717, 1.165) is 10.7 Å². The molecule has 0 saturated carbocycles. The lowest BCUT2D eigenvalue weighted by Crippen LogP contribution is -2.15. The van der Waals surface area contributed by atoms with Gasteiger partial charge in [-0.2, -0.15) is 0 Å². The Balaban J connectivity index is 1.72. The van der Waals surface area contributed by atoms with Crippen LogP contribution in [0.25, 0.3) is 5.78 Å². The van der Waals surface area contributed by atoms with Gasteiger partial charge in [0, 0.05) is 5.69 Å². The van der Waals surface area contributed by atoms with E-state index < -0.39 is 0 Å². The number of amides is 1. The van der Waals surface area contributed by atoms with Crippen molar-refractivity contribution in [2.45, 2.75) is 11.9 Å². The third kappa shape index (κ3) is 3.57. The summed E-state index contributed by atoms with van der Waals surface area (Å²) < 4.78 is 1.73. The van der Waals surface area contributed by atoms with E-state index in [-0.39, 0.29) is 11.7 Å². The topological polar surface area (TPSA) is 72.2 Å². The summed E-state index contributed by atoms with van der Waals surface area (Å²) in [7, 11) is 0. The second-order valence-corrected chi connectivity index (χ2v) is 6.48. The zero-order valence-electron chi connectivity index (χ0n) is 12.0. The van der Waals surface area contributed by atoms with Crippen LogP contribution in [-0.2, 0) is 4.79 Å². The van der Waals surface area contributed by atoms with Gasteiger partial charge in [-0.05, 0) is 25.1 Å². The molecule has 0 unspecified atom stereocenters. The average molecular weight is 368 g/mol. The van der Waals surface area contributed by atoms with Gasteiger partial charge in [-0.25, -0.2) is 4.98 Å². The monoisotopic (exact) mass is 367 g/mol. The standard InChI is InChI=1S/C14H11Cl2N5OS/c1-8-5-12(21-7-17-20-14(21)18-8)23-6-11(22)19-13-9(15)3-2-4-10(13)16/h2-5,7H,6H2,1H3,(H,19,22). The van der Waals surface area contributed by atoms with Crippen LogP contribution in [0.1, 0.15) is 5.69 Å². The van der Waals surface area contributed by atoms with Crippen LogP contribution in [0, 0.1) is 6.92 Å². The highest BCUT2D eigenvalue weighted by molar-refractivity contribution is 7.99. The fraction of sp³-hybridized carbons (Fsp3) is 0.143. The number of fused-ring (bicyclic) bond motifs is 1. The van der Waals surface area contributed by atoms with E-state index in [2.05, 4.69) is 20.5 Å². The SMILES string of the molecule is Cc1cc(SCC(=O)Nc2c(Cl)cccc2Cl)n2cnnc2n1. The molecule has 0 fully saturated rings. The van der Waals surface area contributed by atoms with Crippen molar-refractivity contribution in [1.82, 2.24) is 19.6 Å². The van der Waals surface area contributed by atoms with Gasteiger partial charge >= 0.3 is 0 Å². The third-order valence-electron chi connectivity index (χ3n) is 2.95. The molecule has 0 radical (unpaired) electrons. The lowest BCUT2D eigenvalue weighted by molar-refractivity contribution is -0.113. The molecular weight excluding hydrogens is 357 g/mol. The molecule has 1 amide bonds. The molecule has 0 aliphatic carbocycles. The first-order valence-corrected chi connectivity index (χ1v) is 8.33. The lowest BCUT2D eigenvalue weighted by atomic mass is 10.3. The first-order valence-electron chi connectivity index (χ1n) is 6.58. The van der Waals surface area contributed by atoms with E-state index in [1.807, 2.05) is 13.0 Å². The Kier molecular flexibility index (Phi) is 4.70. The lowest BCUT2D eigenvalue weighted by Gasteiger charge is -2.09. The van der Waals surface area contributed by atoms with E-state index >= 15 is 0 Å². The highest BCUT2D eigenvalue weighted by atomic mass is 35.5. The Hall–Kier alpha value is -1.83. The van der Waals surface area contributed by atoms with E-state index in [1.165, 1.54) is 11.8 Å². The second kappa shape index (κ2) is 6.74. The zero-order chi connectivity index (χ0) is 16.4. The molecule has 6 nitrogen and oxygen atoms in total. The van der Waals surface area contributed by atoms with Crippen LogP contribution in [-0.4, -0.2) is 31.2 Å². The van der Waals surface area contributed by atoms with Crippen LogP contribution in [0.15, 0.2) is 35.6 Å². The molecule has 23 heavy (non-hydrogen) atoms. The Labute approximate surface area is 146 Å². The Morgan fingerprint density at radius 2 is 2.09 bits per heavy atom. The van der Waals surface area contributed by atoms with E-state index in [0.29, 0.717) is 21.5 Å². The maximum atomic E-state index is 12.1. The van der Waals surface area contributed by atoms with Crippen molar-refractivity contribution in [2.24, 2.45) is 0 Å². The summed E-state index contributed by atoms with van der Waals surface area (Å²) >= 11 is 13.4. The first kappa shape index (κ1) is 16.0. The van der Waals surface area contributed by atoms with Crippen LogP contribution in [0.3, 0.4) is 0 Å². The molecule has 1 N–H and O–H groups in total. The van der Waals surface area contributed by atoms with E-state index in [1.54, 1.807) is 28.9 Å². The number of hydrogen-bond acceptors (Lipinski definition) is 5. The number of carbonyl (C=O) groups excluding carboxylic acids is 1. The summed E-state index contributed by atoms with van der Waals surface area (Å²) in [5.41, 5.74) is 1.23. The number of nitrogens with one attached hydrogen (secondary N) is 1. The molecule has 9 heteroatoms. The molecule has 0 aliphatic rings. The van der Waals surface area contributed by atoms with Crippen molar-refractivity contribution >= 4 is 52.3 Å². The minimum atomic E-state index is -0.208. The molecule has 1 aromatic carbocycles. The van der Waals surface area contributed by atoms with Crippen LogP contribution in [0.5, 0.6) is 0 Å². The van der Waals surface area contributed by atoms with Crippen molar-refractivity contribution in [3.8, 4) is 0 Å². The fourth-order valence-electron chi connectivity index (χ4n) is 1.94. The molecule has 0 aliphatic heterocycles. The molecule has 0 bridgehead atoms. The van der Waals surface area contributed by atoms with Gasteiger partial charge < -0.3 is 5.32 Å². The zero-order valence-corrected chi connectivity index (χ0v) is 14.3. The number of carbonyl (C=O) groups is 1. The van der Waals surface area contributed by atoms with E-state index in [4.69, 9.17) is 23.2 Å². The van der Waals surface area contributed by atoms with Crippen LogP contribution in [0.4, 0.5) is 5.69 Å². The van der Waals surface area contributed by atoms with Crippen molar-refractivity contribution in [3.63, 3.8) is 0 Å². The molecule has 2 heterocycles. The van der Waals surface area contributed by atoms with Gasteiger partial charge in [-0.1, -0.05) is 41.0 Å². The van der Waals surface area contributed by atoms with Gasteiger partial charge in [-0.15, -0.1) is 10.2 Å². The number of aromatic nitrogens is 4. The van der Waals surface area contributed by atoms with Gasteiger partial charge in [-0.3, -0.25) is 9.20 Å². The minimum Gasteiger partial charge on any atom is -0.323 e. The van der Waals surface area contributed by atoms with Crippen molar-refractivity contribution in [3.05, 3.63) is 46.3 Å². The quantitative estimate of drug-likeness (QED) is 0.564. The second-order valence-electron chi connectivity index (χ2n) is 4.67. The molecule has 3 rings (SSSR count). The molecule has 118 valence electrons. The van der Waals surface area contributed by atoms with Gasteiger partial charge in [0.05, 0.1) is 26.5 Å². The number of rotatable bonds is 4. The summed E-state index contributed by atoms with van der Waals surface area (Å²) in [5, 5.41) is 12.1. The van der Waals surface area contributed by atoms with Crippen molar-refractivity contribution in [2.75, 3.05) is 11.1 Å². The molecule has 0 saturated heterocycles. The van der Waals surface area contributed by atoms with Crippen molar-refractivity contribution < 1.29 is 4.79 Å². The summed E-state index contributed by atoms with van der Waals surface area (Å²) in [6.45, 7) is 1.86. The number of halogens is 2. The van der Waals surface area contributed by atoms with Gasteiger partial charge in [0.25, 0.3) is 5.78 Å². The maximum Gasteiger partial charge on any atom is 0.255 e. The Bertz CT molecular complexity index is 862. The molecule has 0 atom stereocenters. The Morgan fingerprint density at radius 1 is 1.35 bits per heavy atom. The molecular formula is C14H11Cl2N5OS. The Morgan fingerprint density at radius 3 is 2.83 bits per heavy atom. The highest BCUT2D eigenvalue weighted by Gasteiger charge is 2.12. The van der Waals surface area contributed by atoms with Gasteiger partial charge in [0.2, 0.25) is 5.91 Å². The van der Waals surface area contributed by atoms with Gasteiger partial charge in [0.1, 0.15) is 6.33 Å². The largest absolute Gasteiger partial charge is 0.323 e. The normalized spacial score (nSPS) is 10.9. The predicted molar refractivity (Wildman–Crippen MR) is 91.3 cm³/mol. The van der Waals surface area contributed by atoms with E-state index in [9.17, 15) is 4.79 Å². The molecule has 3 aromatic rings. The van der Waals surface area contributed by atoms with Crippen LogP contribution in [0.2, 0.25) is 10.0 Å². The first-order chi connectivity index (χ1) is 11.0. The molecule has 0 spiro atoms. The summed E-state index contributed by atoms with van der Waals surface area (Å²) in [6, 6.07) is 6.93. The van der Waals surface area contributed by atoms with Crippen LogP contribution < -0.4 is 5.32 Å². The summed E-state index contributed by atoms with van der Waals surface area (Å²) in [6.07, 6.45) is 1.56. The van der Waals surface area contributed by atoms with Gasteiger partial charge in [0.15, 0.2) is 0 Å². The smallest absolute Gasteiger partial charge is 0.255 e. The number of hydrogen-bond donors (Lipinski definition) is 1. The highest BCUT2D eigenvalue weighted by Crippen LogP contribution is 2.30. The number of benzene rings is 1. The fourth-order valence-corrected chi connectivity index (χ4v) is 3.31. The number of anilines is 1. The summed E-state index contributed by atoms with van der Waals surface area (Å²) in [5.74, 6) is 0.487. The number of para-hydroxylation sites is 1. The summed E-state index contributed by atoms with van der Waals surface area (Å²) in [4.78, 5) is 16.4. The number of nitrogens with zero attached hydrogens (tertiary/aromatic N) is 4. The minimum absolute atomic E-state index is 0.193. The third-order valence-corrected chi connectivity index (χ3v) is 4.60. The number of aryl methyl sites for hydroxylation is 1. The van der Waals surface area contributed by atoms with Crippen LogP contribution >= 0.6 is 35.0 Å². The molecule has 2 aromatic heterocycles.